The van der Waals surface area contributed by atoms with E-state index in [1.165, 1.54) is 6.20 Å². The number of hydrogen-bond acceptors (Lipinski definition) is 3. The molecule has 0 saturated heterocycles. The maximum atomic E-state index is 12.5. The van der Waals surface area contributed by atoms with Crippen LogP contribution >= 0.6 is 11.6 Å². The molecule has 0 aliphatic rings. The number of carbonyl (C=O) groups is 1. The van der Waals surface area contributed by atoms with Gasteiger partial charge in [-0.2, -0.15) is 0 Å². The molecule has 2 rings (SSSR count). The molecule has 0 N–H and O–H groups in total. The second-order valence-electron chi connectivity index (χ2n) is 4.36. The first-order valence-corrected chi connectivity index (χ1v) is 6.22. The number of halogens is 1. The fraction of sp³-hybridized carbons (Fsp3) is 0.200. The standard InChI is InChI=1S/C15H14ClNO2/c1-9-6-10(2)14(12(7-9)19-3)15(18)11-4-5-13(16)17-8-11/h4-8H,1-3H3. The van der Waals surface area contributed by atoms with Gasteiger partial charge in [0.05, 0.1) is 12.7 Å². The highest BCUT2D eigenvalue weighted by molar-refractivity contribution is 6.29. The van der Waals surface area contributed by atoms with Crippen LogP contribution < -0.4 is 4.74 Å². The Bertz CT molecular complexity index is 621. The number of hydrogen-bond donors (Lipinski definition) is 0. The smallest absolute Gasteiger partial charge is 0.198 e. The summed E-state index contributed by atoms with van der Waals surface area (Å²) in [5.74, 6) is 0.468. The van der Waals surface area contributed by atoms with Gasteiger partial charge < -0.3 is 4.74 Å². The molecule has 0 unspecified atom stereocenters. The maximum absolute atomic E-state index is 12.5. The first-order valence-electron chi connectivity index (χ1n) is 5.84. The van der Waals surface area contributed by atoms with E-state index in [-0.39, 0.29) is 5.78 Å². The summed E-state index contributed by atoms with van der Waals surface area (Å²) in [6.07, 6.45) is 1.48. The molecular formula is C15H14ClNO2. The maximum Gasteiger partial charge on any atom is 0.198 e. The van der Waals surface area contributed by atoms with Crippen molar-refractivity contribution in [3.8, 4) is 5.75 Å². The van der Waals surface area contributed by atoms with Gasteiger partial charge in [-0.1, -0.05) is 17.7 Å². The van der Waals surface area contributed by atoms with Crippen molar-refractivity contribution < 1.29 is 9.53 Å². The predicted octanol–water partition coefficient (Wildman–Crippen LogP) is 3.59. The monoisotopic (exact) mass is 275 g/mol. The number of ketones is 1. The summed E-state index contributed by atoms with van der Waals surface area (Å²) in [6.45, 7) is 3.86. The van der Waals surface area contributed by atoms with Gasteiger partial charge in [-0.3, -0.25) is 4.79 Å². The van der Waals surface area contributed by atoms with Crippen molar-refractivity contribution in [2.75, 3.05) is 7.11 Å². The Labute approximate surface area is 117 Å². The van der Waals surface area contributed by atoms with Gasteiger partial charge in [0, 0.05) is 11.8 Å². The van der Waals surface area contributed by atoms with E-state index < -0.39 is 0 Å². The molecule has 98 valence electrons. The number of rotatable bonds is 3. The number of benzene rings is 1. The van der Waals surface area contributed by atoms with Crippen LogP contribution in [-0.4, -0.2) is 17.9 Å². The minimum absolute atomic E-state index is 0.112. The lowest BCUT2D eigenvalue weighted by Gasteiger charge is -2.12. The number of methoxy groups -OCH3 is 1. The number of aromatic nitrogens is 1. The SMILES string of the molecule is COc1cc(C)cc(C)c1C(=O)c1ccc(Cl)nc1. The summed E-state index contributed by atoms with van der Waals surface area (Å²) in [4.78, 5) is 16.4. The molecule has 0 aliphatic carbocycles. The average Bonchev–Trinajstić information content (AvgIpc) is 2.38. The molecule has 0 aliphatic heterocycles. The Balaban J connectivity index is 2.52. The van der Waals surface area contributed by atoms with Gasteiger partial charge >= 0.3 is 0 Å². The summed E-state index contributed by atoms with van der Waals surface area (Å²) >= 11 is 5.73. The van der Waals surface area contributed by atoms with Crippen LogP contribution in [0.2, 0.25) is 5.15 Å². The topological polar surface area (TPSA) is 39.2 Å². The molecule has 0 fully saturated rings. The van der Waals surface area contributed by atoms with E-state index in [4.69, 9.17) is 16.3 Å². The summed E-state index contributed by atoms with van der Waals surface area (Å²) in [5, 5.41) is 0.365. The summed E-state index contributed by atoms with van der Waals surface area (Å²) < 4.78 is 5.31. The van der Waals surface area contributed by atoms with Crippen molar-refractivity contribution in [2.45, 2.75) is 13.8 Å². The van der Waals surface area contributed by atoms with Crippen molar-refractivity contribution in [3.05, 3.63) is 57.9 Å². The highest BCUT2D eigenvalue weighted by Gasteiger charge is 2.18. The van der Waals surface area contributed by atoms with Crippen LogP contribution in [0.25, 0.3) is 0 Å². The third kappa shape index (κ3) is 2.76. The molecule has 19 heavy (non-hydrogen) atoms. The molecule has 1 aromatic carbocycles. The molecule has 0 radical (unpaired) electrons. The molecule has 4 heteroatoms. The van der Waals surface area contributed by atoms with Crippen molar-refractivity contribution in [3.63, 3.8) is 0 Å². The van der Waals surface area contributed by atoms with Gasteiger partial charge in [0.25, 0.3) is 0 Å². The number of nitrogens with zero attached hydrogens (tertiary/aromatic N) is 1. The highest BCUT2D eigenvalue weighted by Crippen LogP contribution is 2.26. The van der Waals surface area contributed by atoms with Crippen LogP contribution in [-0.2, 0) is 0 Å². The van der Waals surface area contributed by atoms with Crippen LogP contribution in [0.15, 0.2) is 30.5 Å². The lowest BCUT2D eigenvalue weighted by molar-refractivity contribution is 0.103. The molecular weight excluding hydrogens is 262 g/mol. The van der Waals surface area contributed by atoms with Gasteiger partial charge in [-0.05, 0) is 43.2 Å². The van der Waals surface area contributed by atoms with Crippen molar-refractivity contribution in [1.29, 1.82) is 0 Å². The van der Waals surface area contributed by atoms with Crippen molar-refractivity contribution in [2.24, 2.45) is 0 Å². The Morgan fingerprint density at radius 3 is 2.58 bits per heavy atom. The van der Waals surface area contributed by atoms with Crippen LogP contribution in [0.5, 0.6) is 5.75 Å². The first kappa shape index (κ1) is 13.6. The molecule has 0 bridgehead atoms. The number of aryl methyl sites for hydroxylation is 2. The van der Waals surface area contributed by atoms with Crippen LogP contribution in [0.4, 0.5) is 0 Å². The summed E-state index contributed by atoms with van der Waals surface area (Å²) in [6, 6.07) is 7.07. The highest BCUT2D eigenvalue weighted by atomic mass is 35.5. The third-order valence-electron chi connectivity index (χ3n) is 2.88. The molecule has 0 spiro atoms. The van der Waals surface area contributed by atoms with Gasteiger partial charge in [0.2, 0.25) is 0 Å². The molecule has 0 saturated carbocycles. The van der Waals surface area contributed by atoms with E-state index in [1.807, 2.05) is 26.0 Å². The van der Waals surface area contributed by atoms with Crippen molar-refractivity contribution in [1.82, 2.24) is 4.98 Å². The average molecular weight is 276 g/mol. The fourth-order valence-electron chi connectivity index (χ4n) is 2.04. The zero-order valence-corrected chi connectivity index (χ0v) is 11.8. The first-order chi connectivity index (χ1) is 9.02. The largest absolute Gasteiger partial charge is 0.496 e. The minimum atomic E-state index is -0.112. The van der Waals surface area contributed by atoms with Crippen LogP contribution in [0.1, 0.15) is 27.0 Å². The van der Waals surface area contributed by atoms with Gasteiger partial charge in [0.15, 0.2) is 5.78 Å². The second-order valence-corrected chi connectivity index (χ2v) is 4.75. The van der Waals surface area contributed by atoms with Gasteiger partial charge in [-0.25, -0.2) is 4.98 Å². The normalized spacial score (nSPS) is 10.3. The Kier molecular flexibility index (Phi) is 3.86. The Morgan fingerprint density at radius 2 is 2.00 bits per heavy atom. The van der Waals surface area contributed by atoms with E-state index in [0.29, 0.717) is 22.0 Å². The number of carbonyl (C=O) groups excluding carboxylic acids is 1. The van der Waals surface area contributed by atoms with E-state index in [9.17, 15) is 4.79 Å². The number of pyridine rings is 1. The molecule has 2 aromatic rings. The predicted molar refractivity (Wildman–Crippen MR) is 75.1 cm³/mol. The van der Waals surface area contributed by atoms with Gasteiger partial charge in [0.1, 0.15) is 10.9 Å². The molecule has 0 atom stereocenters. The summed E-state index contributed by atoms with van der Waals surface area (Å²) in [7, 11) is 1.56. The van der Waals surface area contributed by atoms with Crippen LogP contribution in [0, 0.1) is 13.8 Å². The van der Waals surface area contributed by atoms with Crippen LogP contribution in [0.3, 0.4) is 0 Å². The Hall–Kier alpha value is -1.87. The summed E-state index contributed by atoms with van der Waals surface area (Å²) in [5.41, 5.74) is 3.00. The third-order valence-corrected chi connectivity index (χ3v) is 3.10. The lowest BCUT2D eigenvalue weighted by Crippen LogP contribution is -2.07. The molecule has 3 nitrogen and oxygen atoms in total. The second kappa shape index (κ2) is 5.41. The zero-order chi connectivity index (χ0) is 14.0. The Morgan fingerprint density at radius 1 is 1.26 bits per heavy atom. The lowest BCUT2D eigenvalue weighted by atomic mass is 9.97. The fourth-order valence-corrected chi connectivity index (χ4v) is 2.15. The minimum Gasteiger partial charge on any atom is -0.496 e. The van der Waals surface area contributed by atoms with Crippen molar-refractivity contribution >= 4 is 17.4 Å². The van der Waals surface area contributed by atoms with Gasteiger partial charge in [-0.15, -0.1) is 0 Å². The quantitative estimate of drug-likeness (QED) is 0.635. The van der Waals surface area contributed by atoms with E-state index in [0.717, 1.165) is 11.1 Å². The molecule has 0 amide bonds. The number of ether oxygens (including phenoxy) is 1. The molecule has 1 aromatic heterocycles. The van der Waals surface area contributed by atoms with E-state index in [2.05, 4.69) is 4.98 Å². The van der Waals surface area contributed by atoms with E-state index >= 15 is 0 Å². The van der Waals surface area contributed by atoms with E-state index in [1.54, 1.807) is 19.2 Å². The zero-order valence-electron chi connectivity index (χ0n) is 11.0. The molecule has 1 heterocycles.